The average molecular weight is 311 g/mol. The summed E-state index contributed by atoms with van der Waals surface area (Å²) in [6.07, 6.45) is 6.33. The van der Waals surface area contributed by atoms with Gasteiger partial charge in [0.2, 0.25) is 0 Å². The normalized spacial score (nSPS) is 14.7. The summed E-state index contributed by atoms with van der Waals surface area (Å²) in [4.78, 5) is 16.6. The summed E-state index contributed by atoms with van der Waals surface area (Å²) in [5.74, 6) is 1.78. The fourth-order valence-electron chi connectivity index (χ4n) is 2.72. The molecule has 0 aliphatic heterocycles. The highest BCUT2D eigenvalue weighted by atomic mass is 16.1. The van der Waals surface area contributed by atoms with Crippen LogP contribution >= 0.6 is 0 Å². The number of carbonyl (C=O) groups is 1. The zero-order valence-corrected chi connectivity index (χ0v) is 14.2. The number of benzene rings is 1. The second kappa shape index (κ2) is 6.19. The molecule has 3 rings (SSSR count). The van der Waals surface area contributed by atoms with E-state index in [0.29, 0.717) is 18.0 Å². The summed E-state index contributed by atoms with van der Waals surface area (Å²) in [7, 11) is 0. The van der Waals surface area contributed by atoms with Gasteiger partial charge >= 0.3 is 0 Å². The Morgan fingerprint density at radius 1 is 1.26 bits per heavy atom. The van der Waals surface area contributed by atoms with Crippen LogP contribution in [0.25, 0.3) is 0 Å². The molecule has 1 amide bonds. The van der Waals surface area contributed by atoms with Gasteiger partial charge in [0.15, 0.2) is 0 Å². The lowest BCUT2D eigenvalue weighted by Gasteiger charge is -2.19. The molecular formula is C19H25N3O. The van der Waals surface area contributed by atoms with Gasteiger partial charge in [0, 0.05) is 37.0 Å². The molecule has 2 aromatic rings. The van der Waals surface area contributed by atoms with Crippen molar-refractivity contribution < 1.29 is 4.79 Å². The molecule has 1 N–H and O–H groups in total. The number of nitrogens with zero attached hydrogens (tertiary/aromatic N) is 2. The van der Waals surface area contributed by atoms with Gasteiger partial charge in [-0.05, 0) is 36.0 Å². The molecule has 1 fully saturated rings. The van der Waals surface area contributed by atoms with Gasteiger partial charge in [-0.15, -0.1) is 0 Å². The second-order valence-electron chi connectivity index (χ2n) is 7.34. The van der Waals surface area contributed by atoms with Gasteiger partial charge in [-0.25, -0.2) is 4.98 Å². The third-order valence-electron chi connectivity index (χ3n) is 4.34. The summed E-state index contributed by atoms with van der Waals surface area (Å²) in [6, 6.07) is 7.89. The second-order valence-corrected chi connectivity index (χ2v) is 7.34. The predicted molar refractivity (Wildman–Crippen MR) is 91.7 cm³/mol. The largest absolute Gasteiger partial charge is 0.350 e. The quantitative estimate of drug-likeness (QED) is 0.919. The van der Waals surface area contributed by atoms with Crippen LogP contribution in [-0.4, -0.2) is 22.0 Å². The van der Waals surface area contributed by atoms with Gasteiger partial charge in [-0.3, -0.25) is 4.79 Å². The number of amides is 1. The van der Waals surface area contributed by atoms with Crippen LogP contribution in [0.5, 0.6) is 0 Å². The van der Waals surface area contributed by atoms with Gasteiger partial charge in [-0.1, -0.05) is 32.9 Å². The van der Waals surface area contributed by atoms with E-state index in [9.17, 15) is 4.79 Å². The van der Waals surface area contributed by atoms with Crippen molar-refractivity contribution in [3.63, 3.8) is 0 Å². The number of hydrogen-bond acceptors (Lipinski definition) is 2. The molecule has 0 radical (unpaired) electrons. The van der Waals surface area contributed by atoms with E-state index in [2.05, 4.69) is 35.6 Å². The van der Waals surface area contributed by atoms with Crippen LogP contribution in [0.2, 0.25) is 0 Å². The Morgan fingerprint density at radius 2 is 1.96 bits per heavy atom. The molecular weight excluding hydrogens is 286 g/mol. The number of carbonyl (C=O) groups excluding carboxylic acids is 1. The lowest BCUT2D eigenvalue weighted by atomic mass is 9.87. The van der Waals surface area contributed by atoms with E-state index in [1.807, 2.05) is 36.7 Å². The van der Waals surface area contributed by atoms with E-state index in [1.165, 1.54) is 18.4 Å². The smallest absolute Gasteiger partial charge is 0.251 e. The number of hydrogen-bond donors (Lipinski definition) is 1. The van der Waals surface area contributed by atoms with Crippen LogP contribution in [0.4, 0.5) is 0 Å². The van der Waals surface area contributed by atoms with E-state index in [4.69, 9.17) is 0 Å². The van der Waals surface area contributed by atoms with Gasteiger partial charge < -0.3 is 9.88 Å². The lowest BCUT2D eigenvalue weighted by Crippen LogP contribution is -2.27. The van der Waals surface area contributed by atoms with Crippen LogP contribution in [0.3, 0.4) is 0 Å². The molecule has 1 aliphatic rings. The summed E-state index contributed by atoms with van der Waals surface area (Å²) in [6.45, 7) is 7.91. The van der Waals surface area contributed by atoms with Gasteiger partial charge in [0.05, 0.1) is 0 Å². The van der Waals surface area contributed by atoms with Crippen molar-refractivity contribution >= 4 is 5.91 Å². The monoisotopic (exact) mass is 311 g/mol. The zero-order valence-electron chi connectivity index (χ0n) is 14.2. The molecule has 23 heavy (non-hydrogen) atoms. The molecule has 0 unspecified atom stereocenters. The van der Waals surface area contributed by atoms with Crippen LogP contribution in [0, 0.1) is 0 Å². The maximum absolute atomic E-state index is 12.2. The number of rotatable bonds is 5. The number of aromatic nitrogens is 2. The van der Waals surface area contributed by atoms with E-state index in [-0.39, 0.29) is 11.3 Å². The van der Waals surface area contributed by atoms with Crippen molar-refractivity contribution in [2.45, 2.75) is 51.5 Å². The molecule has 122 valence electrons. The predicted octanol–water partition coefficient (Wildman–Crippen LogP) is 3.49. The molecule has 1 saturated carbocycles. The first kappa shape index (κ1) is 15.8. The van der Waals surface area contributed by atoms with Crippen molar-refractivity contribution in [1.29, 1.82) is 0 Å². The van der Waals surface area contributed by atoms with Crippen LogP contribution in [-0.2, 0) is 12.0 Å². The van der Waals surface area contributed by atoms with E-state index >= 15 is 0 Å². The van der Waals surface area contributed by atoms with Gasteiger partial charge in [0.1, 0.15) is 5.82 Å². The van der Waals surface area contributed by atoms with Crippen molar-refractivity contribution in [3.8, 4) is 0 Å². The van der Waals surface area contributed by atoms with E-state index in [0.717, 1.165) is 12.4 Å². The fourth-order valence-corrected chi connectivity index (χ4v) is 2.72. The van der Waals surface area contributed by atoms with Crippen molar-refractivity contribution in [3.05, 3.63) is 53.6 Å². The highest BCUT2D eigenvalue weighted by molar-refractivity contribution is 5.94. The molecule has 1 heterocycles. The maximum Gasteiger partial charge on any atom is 0.251 e. The van der Waals surface area contributed by atoms with Crippen molar-refractivity contribution in [1.82, 2.24) is 14.9 Å². The van der Waals surface area contributed by atoms with Crippen molar-refractivity contribution in [2.75, 3.05) is 6.54 Å². The Labute approximate surface area is 137 Å². The summed E-state index contributed by atoms with van der Waals surface area (Å²) in [5, 5.41) is 2.99. The van der Waals surface area contributed by atoms with E-state index < -0.39 is 0 Å². The summed E-state index contributed by atoms with van der Waals surface area (Å²) < 4.78 is 2.15. The first-order valence-electron chi connectivity index (χ1n) is 8.35. The van der Waals surface area contributed by atoms with E-state index in [1.54, 1.807) is 0 Å². The molecule has 0 spiro atoms. The minimum atomic E-state index is -0.0152. The Hall–Kier alpha value is -2.10. The maximum atomic E-state index is 12.2. The Morgan fingerprint density at radius 3 is 2.57 bits per heavy atom. The van der Waals surface area contributed by atoms with Gasteiger partial charge in [0.25, 0.3) is 5.91 Å². The number of imidazole rings is 1. The molecule has 1 aromatic carbocycles. The minimum absolute atomic E-state index is 0.0152. The lowest BCUT2D eigenvalue weighted by molar-refractivity contribution is 0.0952. The SMILES string of the molecule is CC(C)(C)c1ccc(C(=O)NCCn2ccnc2C2CC2)cc1. The highest BCUT2D eigenvalue weighted by Gasteiger charge is 2.27. The van der Waals surface area contributed by atoms with Crippen LogP contribution < -0.4 is 5.32 Å². The molecule has 0 saturated heterocycles. The van der Waals surface area contributed by atoms with Crippen LogP contribution in [0.1, 0.15) is 61.3 Å². The fraction of sp³-hybridized carbons (Fsp3) is 0.474. The Bertz CT molecular complexity index is 675. The van der Waals surface area contributed by atoms with Crippen LogP contribution in [0.15, 0.2) is 36.7 Å². The molecule has 0 atom stereocenters. The Kier molecular flexibility index (Phi) is 4.24. The molecule has 1 aromatic heterocycles. The summed E-state index contributed by atoms with van der Waals surface area (Å²) in [5.41, 5.74) is 2.06. The highest BCUT2D eigenvalue weighted by Crippen LogP contribution is 2.38. The number of nitrogens with one attached hydrogen (secondary N) is 1. The summed E-state index contributed by atoms with van der Waals surface area (Å²) >= 11 is 0. The molecule has 4 heteroatoms. The van der Waals surface area contributed by atoms with Crippen molar-refractivity contribution in [2.24, 2.45) is 0 Å². The standard InChI is InChI=1S/C19H25N3O/c1-19(2,3)16-8-6-15(7-9-16)18(23)21-11-13-22-12-10-20-17(22)14-4-5-14/h6-10,12,14H,4-5,11,13H2,1-3H3,(H,21,23). The zero-order chi connectivity index (χ0) is 16.4. The Balaban J connectivity index is 1.54. The third kappa shape index (κ3) is 3.81. The minimum Gasteiger partial charge on any atom is -0.350 e. The first-order chi connectivity index (χ1) is 10.9. The molecule has 1 aliphatic carbocycles. The third-order valence-corrected chi connectivity index (χ3v) is 4.34. The van der Waals surface area contributed by atoms with Gasteiger partial charge in [-0.2, -0.15) is 0 Å². The average Bonchev–Trinajstić information content (AvgIpc) is 3.26. The molecule has 4 nitrogen and oxygen atoms in total. The first-order valence-corrected chi connectivity index (χ1v) is 8.35. The molecule has 0 bridgehead atoms. The topological polar surface area (TPSA) is 46.9 Å².